The topological polar surface area (TPSA) is 111 Å². The van der Waals surface area contributed by atoms with Gasteiger partial charge in [0.1, 0.15) is 12.2 Å². The van der Waals surface area contributed by atoms with Gasteiger partial charge in [0, 0.05) is 32.0 Å². The van der Waals surface area contributed by atoms with E-state index in [4.69, 9.17) is 15.2 Å². The van der Waals surface area contributed by atoms with Gasteiger partial charge in [-0.05, 0) is 99.2 Å². The average molecular weight is 554 g/mol. The fraction of sp³-hybridized carbons (Fsp3) is 0.897. The van der Waals surface area contributed by atoms with Crippen LogP contribution in [0.15, 0.2) is 0 Å². The minimum Gasteiger partial charge on any atom is -0.461 e. The number of carbonyl (C=O) groups excluding carboxylic acids is 3. The molecule has 0 radical (unpaired) electrons. The molecule has 0 aromatic rings. The van der Waals surface area contributed by atoms with Crippen LogP contribution in [0, 0.1) is 34.5 Å². The van der Waals surface area contributed by atoms with Crippen molar-refractivity contribution in [3.8, 4) is 0 Å². The van der Waals surface area contributed by atoms with E-state index in [1.807, 2.05) is 0 Å². The van der Waals surface area contributed by atoms with Gasteiger partial charge in [0.25, 0.3) is 0 Å². The fourth-order valence-corrected chi connectivity index (χ4v) is 9.64. The second-order valence-electron chi connectivity index (χ2n) is 13.3. The van der Waals surface area contributed by atoms with Gasteiger partial charge in [-0.15, -0.1) is 12.4 Å². The molecule has 0 spiro atoms. The van der Waals surface area contributed by atoms with E-state index >= 15 is 0 Å². The van der Waals surface area contributed by atoms with Crippen molar-refractivity contribution in [1.82, 2.24) is 10.2 Å². The lowest BCUT2D eigenvalue weighted by molar-refractivity contribution is -0.149. The highest BCUT2D eigenvalue weighted by Crippen LogP contribution is 2.68. The van der Waals surface area contributed by atoms with Crippen LogP contribution in [0.5, 0.6) is 0 Å². The zero-order valence-corrected chi connectivity index (χ0v) is 24.4. The number of nitrogens with zero attached hydrogens (tertiary/aromatic N) is 1. The number of likely N-dealkylation sites (tertiary alicyclic amines) is 1. The summed E-state index contributed by atoms with van der Waals surface area (Å²) in [6.45, 7) is 7.25. The van der Waals surface area contributed by atoms with Crippen molar-refractivity contribution >= 4 is 30.4 Å². The third-order valence-electron chi connectivity index (χ3n) is 11.8. The van der Waals surface area contributed by atoms with Crippen LogP contribution in [0.3, 0.4) is 0 Å². The number of hydrogen-bond donors (Lipinski definition) is 2. The van der Waals surface area contributed by atoms with Gasteiger partial charge in [-0.1, -0.05) is 13.8 Å². The van der Waals surface area contributed by atoms with Gasteiger partial charge in [-0.3, -0.25) is 9.59 Å². The smallest absolute Gasteiger partial charge is 0.410 e. The van der Waals surface area contributed by atoms with Gasteiger partial charge in [0.2, 0.25) is 5.91 Å². The summed E-state index contributed by atoms with van der Waals surface area (Å²) in [5.74, 6) is 1.41. The molecule has 2 amide bonds. The molecule has 0 aromatic carbocycles. The van der Waals surface area contributed by atoms with Gasteiger partial charge in [0.15, 0.2) is 0 Å². The van der Waals surface area contributed by atoms with E-state index in [0.29, 0.717) is 30.8 Å². The molecule has 9 heteroatoms. The van der Waals surface area contributed by atoms with E-state index in [-0.39, 0.29) is 64.9 Å². The number of carbonyl (C=O) groups is 3. The standard InChI is InChI=1S/C29H47N3O5.ClH/c1-18(33)36-21-6-5-15-32(17-21)26(35)37-20-9-12-27(2)19(16-20)7-8-23-22(27)10-13-28(3)24(25(34)31-4)11-14-29(23,28)30;/h19-24H,5-17,30H2,1-4H3,(H,31,34);1H/t19?,20?,21?,22-,23-,24?,27+,28-,29-;/m1./s1. The first kappa shape index (κ1) is 29.4. The van der Waals surface area contributed by atoms with Crippen molar-refractivity contribution in [2.24, 2.45) is 40.2 Å². The number of nitrogens with one attached hydrogen (secondary N) is 1. The Morgan fingerprint density at radius 3 is 2.39 bits per heavy atom. The lowest BCUT2D eigenvalue weighted by Crippen LogP contribution is -2.67. The van der Waals surface area contributed by atoms with Gasteiger partial charge < -0.3 is 25.4 Å². The van der Waals surface area contributed by atoms with Crippen molar-refractivity contribution in [2.75, 3.05) is 20.1 Å². The minimum atomic E-state index is -0.300. The van der Waals surface area contributed by atoms with E-state index in [0.717, 1.165) is 70.6 Å². The number of halogens is 1. The number of piperidine rings is 1. The van der Waals surface area contributed by atoms with Gasteiger partial charge in [-0.25, -0.2) is 4.79 Å². The molecule has 0 aromatic heterocycles. The summed E-state index contributed by atoms with van der Waals surface area (Å²) in [6.07, 6.45) is 10.1. The fourth-order valence-electron chi connectivity index (χ4n) is 9.64. The number of amides is 2. The molecule has 216 valence electrons. The zero-order chi connectivity index (χ0) is 26.6. The molecule has 1 aliphatic heterocycles. The van der Waals surface area contributed by atoms with Crippen LogP contribution >= 0.6 is 12.4 Å². The van der Waals surface area contributed by atoms with Crippen LogP contribution in [0.25, 0.3) is 0 Å². The monoisotopic (exact) mass is 553 g/mol. The first-order valence-electron chi connectivity index (χ1n) is 14.6. The molecule has 8 nitrogen and oxygen atoms in total. The first-order valence-corrected chi connectivity index (χ1v) is 14.6. The molecule has 5 aliphatic rings. The van der Waals surface area contributed by atoms with E-state index < -0.39 is 0 Å². The van der Waals surface area contributed by atoms with E-state index in [1.165, 1.54) is 6.92 Å². The number of rotatable bonds is 3. The minimum absolute atomic E-state index is 0. The highest BCUT2D eigenvalue weighted by Gasteiger charge is 2.67. The second kappa shape index (κ2) is 10.8. The Morgan fingerprint density at radius 1 is 0.921 bits per heavy atom. The van der Waals surface area contributed by atoms with Crippen molar-refractivity contribution in [1.29, 1.82) is 0 Å². The highest BCUT2D eigenvalue weighted by molar-refractivity contribution is 5.85. The first-order chi connectivity index (χ1) is 17.5. The van der Waals surface area contributed by atoms with Crippen LogP contribution < -0.4 is 11.1 Å². The lowest BCUT2D eigenvalue weighted by Gasteiger charge is -2.64. The summed E-state index contributed by atoms with van der Waals surface area (Å²) in [5, 5.41) is 2.90. The predicted molar refractivity (Wildman–Crippen MR) is 147 cm³/mol. The molecule has 1 heterocycles. The summed E-state index contributed by atoms with van der Waals surface area (Å²) < 4.78 is 11.4. The molecule has 3 N–H and O–H groups in total. The lowest BCUT2D eigenvalue weighted by atomic mass is 9.42. The molecular formula is C29H48ClN3O5. The Morgan fingerprint density at radius 2 is 1.68 bits per heavy atom. The number of fused-ring (bicyclic) bond motifs is 5. The second-order valence-corrected chi connectivity index (χ2v) is 13.3. The normalized spacial score (nSPS) is 44.0. The summed E-state index contributed by atoms with van der Waals surface area (Å²) in [6, 6.07) is 0. The van der Waals surface area contributed by atoms with Crippen LogP contribution in [0.1, 0.15) is 91.4 Å². The summed E-state index contributed by atoms with van der Waals surface area (Å²) in [4.78, 5) is 38.8. The molecule has 4 saturated carbocycles. The quantitative estimate of drug-likeness (QED) is 0.500. The number of esters is 1. The molecule has 4 unspecified atom stereocenters. The number of hydrogen-bond acceptors (Lipinski definition) is 6. The van der Waals surface area contributed by atoms with Crippen LogP contribution in [0.2, 0.25) is 0 Å². The maximum absolute atomic E-state index is 13.0. The highest BCUT2D eigenvalue weighted by atomic mass is 35.5. The third-order valence-corrected chi connectivity index (χ3v) is 11.8. The molecule has 0 bridgehead atoms. The van der Waals surface area contributed by atoms with Crippen molar-refractivity contribution in [3.05, 3.63) is 0 Å². The SMILES string of the molecule is CNC(=O)C1CC[C@@]2(N)[C@@H]3CCC4CC(OC(=O)N5CCCC(OC(C)=O)C5)CC[C@]4(C)[C@@H]3CC[C@]12C.Cl. The van der Waals surface area contributed by atoms with Gasteiger partial charge >= 0.3 is 12.1 Å². The van der Waals surface area contributed by atoms with Crippen LogP contribution in [-0.4, -0.2) is 60.8 Å². The summed E-state index contributed by atoms with van der Waals surface area (Å²) >= 11 is 0. The van der Waals surface area contributed by atoms with Gasteiger partial charge in [0.05, 0.1) is 6.54 Å². The average Bonchev–Trinajstić information content (AvgIpc) is 3.14. The Hall–Kier alpha value is -1.54. The molecule has 4 aliphatic carbocycles. The van der Waals surface area contributed by atoms with Crippen molar-refractivity contribution < 1.29 is 23.9 Å². The molecule has 5 rings (SSSR count). The molecule has 9 atom stereocenters. The van der Waals surface area contributed by atoms with Crippen molar-refractivity contribution in [3.63, 3.8) is 0 Å². The zero-order valence-electron chi connectivity index (χ0n) is 23.6. The van der Waals surface area contributed by atoms with Gasteiger partial charge in [-0.2, -0.15) is 0 Å². The Kier molecular flexibility index (Phi) is 8.36. The summed E-state index contributed by atoms with van der Waals surface area (Å²) in [5.41, 5.74) is 7.14. The maximum Gasteiger partial charge on any atom is 0.410 e. The number of ether oxygens (including phenoxy) is 2. The third kappa shape index (κ3) is 4.71. The molecule has 1 saturated heterocycles. The number of nitrogens with two attached hydrogens (primary N) is 1. The molecular weight excluding hydrogens is 506 g/mol. The molecule has 5 fully saturated rings. The largest absolute Gasteiger partial charge is 0.461 e. The summed E-state index contributed by atoms with van der Waals surface area (Å²) in [7, 11) is 1.74. The Labute approximate surface area is 233 Å². The van der Waals surface area contributed by atoms with Crippen LogP contribution in [0.4, 0.5) is 4.79 Å². The Bertz CT molecular complexity index is 934. The van der Waals surface area contributed by atoms with E-state index in [2.05, 4.69) is 19.2 Å². The predicted octanol–water partition coefficient (Wildman–Crippen LogP) is 4.43. The maximum atomic E-state index is 13.0. The van der Waals surface area contributed by atoms with E-state index in [9.17, 15) is 14.4 Å². The molecule has 38 heavy (non-hydrogen) atoms. The van der Waals surface area contributed by atoms with Crippen LogP contribution in [-0.2, 0) is 19.1 Å². The van der Waals surface area contributed by atoms with Crippen molar-refractivity contribution in [2.45, 2.75) is 109 Å². The van der Waals surface area contributed by atoms with E-state index in [1.54, 1.807) is 11.9 Å². The Balaban J connectivity index is 0.00000336.